The van der Waals surface area contributed by atoms with Crippen LogP contribution in [0.25, 0.3) is 22.6 Å². The van der Waals surface area contributed by atoms with E-state index >= 15 is 0 Å². The molecule has 0 saturated heterocycles. The van der Waals surface area contributed by atoms with Gasteiger partial charge in [0.1, 0.15) is 17.3 Å². The standard InChI is InChI=1S/C21H13FN8O4/c22-13-4-6-14(7-5-13)24-18-19(26-21-20(25-18)28-34-29-21)27-23-11-16-8-9-17(33-16)12-2-1-3-15(10-12)30(31)32/h1-11H,(H,24,25,28)(H,26,27,29). The van der Waals surface area contributed by atoms with Crippen molar-refractivity contribution in [2.75, 3.05) is 10.7 Å². The number of nitrogens with one attached hydrogen (secondary N) is 2. The summed E-state index contributed by atoms with van der Waals surface area (Å²) in [5, 5.41) is 25.4. The summed E-state index contributed by atoms with van der Waals surface area (Å²) < 4.78 is 23.6. The van der Waals surface area contributed by atoms with E-state index in [2.05, 4.69) is 40.8 Å². The minimum Gasteiger partial charge on any atom is -0.455 e. The fourth-order valence-corrected chi connectivity index (χ4v) is 2.98. The zero-order valence-corrected chi connectivity index (χ0v) is 17.0. The van der Waals surface area contributed by atoms with E-state index in [1.54, 1.807) is 24.3 Å². The largest absolute Gasteiger partial charge is 0.455 e. The van der Waals surface area contributed by atoms with Gasteiger partial charge in [-0.2, -0.15) is 10.1 Å². The van der Waals surface area contributed by atoms with Crippen LogP contribution in [0.15, 0.2) is 74.8 Å². The molecular formula is C21H13FN8O4. The number of anilines is 3. The van der Waals surface area contributed by atoms with Crippen LogP contribution in [0.1, 0.15) is 5.76 Å². The number of furan rings is 1. The molecule has 0 unspecified atom stereocenters. The molecule has 3 heterocycles. The van der Waals surface area contributed by atoms with E-state index in [9.17, 15) is 14.5 Å². The Kier molecular flexibility index (Phi) is 5.32. The number of nitro groups is 1. The molecule has 168 valence electrons. The number of nitro benzene ring substituents is 1. The minimum absolute atomic E-state index is 0.0386. The number of rotatable bonds is 7. The van der Waals surface area contributed by atoms with E-state index in [1.807, 2.05) is 0 Å². The molecule has 0 saturated carbocycles. The summed E-state index contributed by atoms with van der Waals surface area (Å²) in [5.41, 5.74) is 4.16. The molecule has 0 amide bonds. The lowest BCUT2D eigenvalue weighted by Gasteiger charge is -2.09. The molecule has 0 spiro atoms. The van der Waals surface area contributed by atoms with Crippen molar-refractivity contribution < 1.29 is 18.4 Å². The van der Waals surface area contributed by atoms with Gasteiger partial charge in [-0.15, -0.1) is 0 Å². The maximum Gasteiger partial charge on any atom is 0.270 e. The van der Waals surface area contributed by atoms with Gasteiger partial charge in [-0.25, -0.2) is 14.0 Å². The van der Waals surface area contributed by atoms with Crippen molar-refractivity contribution in [2.24, 2.45) is 5.10 Å². The Labute approximate surface area is 189 Å². The normalized spacial score (nSPS) is 11.2. The summed E-state index contributed by atoms with van der Waals surface area (Å²) in [7, 11) is 0. The maximum atomic E-state index is 13.2. The predicted octanol–water partition coefficient (Wildman–Crippen LogP) is 4.51. The fraction of sp³-hybridized carbons (Fsp3) is 0. The Morgan fingerprint density at radius 2 is 1.76 bits per heavy atom. The van der Waals surface area contributed by atoms with Crippen LogP contribution in [0, 0.1) is 15.9 Å². The van der Waals surface area contributed by atoms with Crippen molar-refractivity contribution in [3.8, 4) is 11.3 Å². The molecule has 5 aromatic rings. The van der Waals surface area contributed by atoms with Crippen LogP contribution in [0.5, 0.6) is 0 Å². The Hall–Kier alpha value is -5.20. The predicted molar refractivity (Wildman–Crippen MR) is 119 cm³/mol. The summed E-state index contributed by atoms with van der Waals surface area (Å²) in [6.45, 7) is 0. The molecule has 2 N–H and O–H groups in total. The van der Waals surface area contributed by atoms with Crippen LogP contribution in [-0.2, 0) is 0 Å². The molecule has 2 aromatic carbocycles. The molecular weight excluding hydrogens is 447 g/mol. The lowest BCUT2D eigenvalue weighted by molar-refractivity contribution is -0.384. The molecule has 0 aliphatic heterocycles. The van der Waals surface area contributed by atoms with Crippen molar-refractivity contribution >= 4 is 40.5 Å². The number of halogens is 1. The van der Waals surface area contributed by atoms with E-state index < -0.39 is 4.92 Å². The van der Waals surface area contributed by atoms with Gasteiger partial charge in [0, 0.05) is 23.4 Å². The molecule has 0 fully saturated rings. The van der Waals surface area contributed by atoms with E-state index in [4.69, 9.17) is 4.42 Å². The zero-order valence-electron chi connectivity index (χ0n) is 17.0. The zero-order chi connectivity index (χ0) is 23.5. The van der Waals surface area contributed by atoms with Crippen molar-refractivity contribution in [3.05, 3.63) is 82.4 Å². The van der Waals surface area contributed by atoms with Gasteiger partial charge < -0.3 is 9.73 Å². The number of hydrogen-bond acceptors (Lipinski definition) is 11. The van der Waals surface area contributed by atoms with Crippen molar-refractivity contribution in [3.63, 3.8) is 0 Å². The smallest absolute Gasteiger partial charge is 0.270 e. The number of nitrogens with zero attached hydrogens (tertiary/aromatic N) is 6. The molecule has 3 aromatic heterocycles. The Bertz CT molecular complexity index is 1510. The second kappa shape index (κ2) is 8.74. The van der Waals surface area contributed by atoms with E-state index in [-0.39, 0.29) is 34.4 Å². The first-order chi connectivity index (χ1) is 16.5. The number of hydrazone groups is 1. The molecule has 0 bridgehead atoms. The van der Waals surface area contributed by atoms with Crippen LogP contribution in [0.4, 0.5) is 27.4 Å². The topological polar surface area (TPSA) is 157 Å². The molecule has 13 heteroatoms. The molecule has 0 aliphatic rings. The third-order valence-electron chi connectivity index (χ3n) is 4.55. The average Bonchev–Trinajstić information content (AvgIpc) is 3.50. The van der Waals surface area contributed by atoms with Gasteiger partial charge in [0.05, 0.1) is 11.1 Å². The fourth-order valence-electron chi connectivity index (χ4n) is 2.98. The van der Waals surface area contributed by atoms with Gasteiger partial charge in [0.2, 0.25) is 11.3 Å². The molecule has 0 atom stereocenters. The molecule has 34 heavy (non-hydrogen) atoms. The van der Waals surface area contributed by atoms with Crippen LogP contribution in [0.2, 0.25) is 0 Å². The first-order valence-corrected chi connectivity index (χ1v) is 9.72. The average molecular weight is 460 g/mol. The number of fused-ring (bicyclic) bond motifs is 1. The highest BCUT2D eigenvalue weighted by molar-refractivity contribution is 5.80. The Balaban J connectivity index is 1.36. The van der Waals surface area contributed by atoms with Gasteiger partial charge in [0.15, 0.2) is 11.6 Å². The second-order valence-corrected chi connectivity index (χ2v) is 6.84. The third kappa shape index (κ3) is 4.38. The molecule has 12 nitrogen and oxygen atoms in total. The summed E-state index contributed by atoms with van der Waals surface area (Å²) in [6.07, 6.45) is 1.40. The summed E-state index contributed by atoms with van der Waals surface area (Å²) in [4.78, 5) is 19.1. The quantitative estimate of drug-likeness (QED) is 0.201. The van der Waals surface area contributed by atoms with Crippen molar-refractivity contribution in [1.82, 2.24) is 20.3 Å². The highest BCUT2D eigenvalue weighted by Gasteiger charge is 2.13. The Morgan fingerprint density at radius 3 is 2.53 bits per heavy atom. The highest BCUT2D eigenvalue weighted by atomic mass is 19.1. The molecule has 0 aliphatic carbocycles. The van der Waals surface area contributed by atoms with Crippen LogP contribution in [0.3, 0.4) is 0 Å². The third-order valence-corrected chi connectivity index (χ3v) is 4.55. The number of non-ortho nitro benzene ring substituents is 1. The van der Waals surface area contributed by atoms with E-state index in [0.717, 1.165) is 0 Å². The number of hydrogen-bond donors (Lipinski definition) is 2. The monoisotopic (exact) mass is 460 g/mol. The van der Waals surface area contributed by atoms with Crippen LogP contribution < -0.4 is 10.7 Å². The van der Waals surface area contributed by atoms with E-state index in [0.29, 0.717) is 22.8 Å². The maximum absolute atomic E-state index is 13.2. The van der Waals surface area contributed by atoms with Crippen LogP contribution in [-0.4, -0.2) is 31.4 Å². The SMILES string of the molecule is O=[N+]([O-])c1cccc(-c2ccc(C=NNc3nc4nonc4nc3Nc3ccc(F)cc3)o2)c1. The van der Waals surface area contributed by atoms with Crippen molar-refractivity contribution in [2.45, 2.75) is 0 Å². The van der Waals surface area contributed by atoms with Crippen LogP contribution >= 0.6 is 0 Å². The summed E-state index contributed by atoms with van der Waals surface area (Å²) >= 11 is 0. The molecule has 0 radical (unpaired) electrons. The number of benzene rings is 2. The minimum atomic E-state index is -0.474. The first-order valence-electron chi connectivity index (χ1n) is 9.72. The van der Waals surface area contributed by atoms with Gasteiger partial charge in [-0.05, 0) is 46.7 Å². The lowest BCUT2D eigenvalue weighted by atomic mass is 10.1. The summed E-state index contributed by atoms with van der Waals surface area (Å²) in [5.74, 6) is 0.912. The number of aromatic nitrogens is 4. The van der Waals surface area contributed by atoms with Gasteiger partial charge in [0.25, 0.3) is 5.69 Å². The van der Waals surface area contributed by atoms with Gasteiger partial charge in [-0.3, -0.25) is 15.5 Å². The highest BCUT2D eigenvalue weighted by Crippen LogP contribution is 2.26. The van der Waals surface area contributed by atoms with E-state index in [1.165, 1.54) is 42.6 Å². The van der Waals surface area contributed by atoms with Crippen molar-refractivity contribution in [1.29, 1.82) is 0 Å². The first kappa shape index (κ1) is 20.7. The van der Waals surface area contributed by atoms with Gasteiger partial charge >= 0.3 is 0 Å². The second-order valence-electron chi connectivity index (χ2n) is 6.84. The lowest BCUT2D eigenvalue weighted by Crippen LogP contribution is -2.03. The molecule has 5 rings (SSSR count). The summed E-state index contributed by atoms with van der Waals surface area (Å²) in [6, 6.07) is 15.1. The Morgan fingerprint density at radius 1 is 1.00 bits per heavy atom. The van der Waals surface area contributed by atoms with Gasteiger partial charge in [-0.1, -0.05) is 12.1 Å².